The lowest BCUT2D eigenvalue weighted by molar-refractivity contribution is -0.283. The summed E-state index contributed by atoms with van der Waals surface area (Å²) in [6, 6.07) is 0. The van der Waals surface area contributed by atoms with Crippen molar-refractivity contribution in [3.05, 3.63) is 0 Å². The van der Waals surface area contributed by atoms with E-state index in [0.717, 1.165) is 37.5 Å². The molecule has 0 nitrogen and oxygen atoms in total. The maximum atomic E-state index is 13.9. The molecule has 0 N–H and O–H groups in total. The van der Waals surface area contributed by atoms with Crippen LogP contribution in [0.2, 0.25) is 0 Å². The lowest BCUT2D eigenvalue weighted by atomic mass is 9.41. The molecule has 0 amide bonds. The Morgan fingerprint density at radius 1 is 0.870 bits per heavy atom. The van der Waals surface area contributed by atoms with E-state index in [1.54, 1.807) is 0 Å². The summed E-state index contributed by atoms with van der Waals surface area (Å²) < 4.78 is 41.8. The third-order valence-electron chi connectivity index (χ3n) is 9.12. The van der Waals surface area contributed by atoms with Crippen LogP contribution in [0.25, 0.3) is 0 Å². The fourth-order valence-electron chi connectivity index (χ4n) is 8.13. The highest BCUT2D eigenvalue weighted by molar-refractivity contribution is 5.14. The topological polar surface area (TPSA) is 0 Å². The lowest BCUT2D eigenvalue weighted by Gasteiger charge is -2.64. The van der Waals surface area contributed by atoms with Gasteiger partial charge in [-0.1, -0.05) is 27.2 Å². The van der Waals surface area contributed by atoms with Gasteiger partial charge in [0.2, 0.25) is 0 Å². The van der Waals surface area contributed by atoms with Gasteiger partial charge in [0.05, 0.1) is 5.41 Å². The van der Waals surface area contributed by atoms with Crippen molar-refractivity contribution in [1.82, 2.24) is 0 Å². The SMILES string of the molecule is CC1CC23CCC4C(C)(CCCC4(C)C(F)(F)F)C2CCC1C3. The fourth-order valence-corrected chi connectivity index (χ4v) is 8.13. The summed E-state index contributed by atoms with van der Waals surface area (Å²) in [6.45, 7) is 6.17. The summed E-state index contributed by atoms with van der Waals surface area (Å²) >= 11 is 0. The van der Waals surface area contributed by atoms with Gasteiger partial charge in [-0.25, -0.2) is 0 Å². The van der Waals surface area contributed by atoms with E-state index in [-0.39, 0.29) is 11.3 Å². The van der Waals surface area contributed by atoms with Crippen LogP contribution in [0, 0.1) is 39.9 Å². The van der Waals surface area contributed by atoms with Crippen LogP contribution in [0.15, 0.2) is 0 Å². The zero-order chi connectivity index (χ0) is 16.7. The van der Waals surface area contributed by atoms with Crippen LogP contribution < -0.4 is 0 Å². The summed E-state index contributed by atoms with van der Waals surface area (Å²) in [5.41, 5.74) is -1.16. The Balaban J connectivity index is 1.73. The molecule has 0 radical (unpaired) electrons. The second kappa shape index (κ2) is 4.69. The van der Waals surface area contributed by atoms with Gasteiger partial charge in [0.15, 0.2) is 0 Å². The lowest BCUT2D eigenvalue weighted by Crippen LogP contribution is -2.59. The van der Waals surface area contributed by atoms with Gasteiger partial charge in [-0.3, -0.25) is 0 Å². The molecule has 7 atom stereocenters. The minimum absolute atomic E-state index is 0.0875. The maximum Gasteiger partial charge on any atom is 0.394 e. The highest BCUT2D eigenvalue weighted by atomic mass is 19.4. The van der Waals surface area contributed by atoms with Crippen molar-refractivity contribution < 1.29 is 13.2 Å². The van der Waals surface area contributed by atoms with E-state index in [0.29, 0.717) is 17.8 Å². The predicted molar refractivity (Wildman–Crippen MR) is 85.9 cm³/mol. The van der Waals surface area contributed by atoms with E-state index in [4.69, 9.17) is 0 Å². The molecule has 0 aliphatic heterocycles. The molecule has 0 heterocycles. The van der Waals surface area contributed by atoms with Gasteiger partial charge >= 0.3 is 6.18 Å². The normalized spacial score (nSPS) is 56.1. The average molecular weight is 328 g/mol. The summed E-state index contributed by atoms with van der Waals surface area (Å²) in [7, 11) is 0. The van der Waals surface area contributed by atoms with Gasteiger partial charge in [-0.05, 0) is 85.9 Å². The Labute approximate surface area is 138 Å². The largest absolute Gasteiger partial charge is 0.394 e. The molecule has 0 saturated heterocycles. The van der Waals surface area contributed by atoms with Crippen molar-refractivity contribution in [1.29, 1.82) is 0 Å². The Hall–Kier alpha value is -0.210. The minimum atomic E-state index is -4.05. The van der Waals surface area contributed by atoms with Crippen molar-refractivity contribution in [3.63, 3.8) is 0 Å². The third kappa shape index (κ3) is 1.97. The number of hydrogen-bond acceptors (Lipinski definition) is 0. The minimum Gasteiger partial charge on any atom is -0.171 e. The highest BCUT2D eigenvalue weighted by Gasteiger charge is 2.68. The Morgan fingerprint density at radius 3 is 2.30 bits per heavy atom. The van der Waals surface area contributed by atoms with E-state index >= 15 is 0 Å². The molecule has 7 unspecified atom stereocenters. The first-order valence-electron chi connectivity index (χ1n) is 9.69. The van der Waals surface area contributed by atoms with Gasteiger partial charge < -0.3 is 0 Å². The average Bonchev–Trinajstić information content (AvgIpc) is 2.67. The summed E-state index contributed by atoms with van der Waals surface area (Å²) in [5, 5.41) is 0. The molecule has 4 rings (SSSR count). The molecule has 4 saturated carbocycles. The highest BCUT2D eigenvalue weighted by Crippen LogP contribution is 2.73. The smallest absolute Gasteiger partial charge is 0.171 e. The molecule has 4 fully saturated rings. The van der Waals surface area contributed by atoms with E-state index in [1.807, 2.05) is 0 Å². The van der Waals surface area contributed by atoms with Crippen molar-refractivity contribution in [2.75, 3.05) is 0 Å². The van der Waals surface area contributed by atoms with Gasteiger partial charge in [-0.2, -0.15) is 13.2 Å². The predicted octanol–water partition coefficient (Wildman–Crippen LogP) is 6.60. The molecule has 132 valence electrons. The van der Waals surface area contributed by atoms with Gasteiger partial charge in [0.25, 0.3) is 0 Å². The Bertz CT molecular complexity index is 494. The molecule has 4 aliphatic rings. The first kappa shape index (κ1) is 16.3. The molecular weight excluding hydrogens is 297 g/mol. The van der Waals surface area contributed by atoms with Crippen molar-refractivity contribution in [2.24, 2.45) is 39.9 Å². The number of rotatable bonds is 0. The van der Waals surface area contributed by atoms with Crippen LogP contribution in [0.1, 0.15) is 78.6 Å². The first-order valence-corrected chi connectivity index (χ1v) is 9.69. The van der Waals surface area contributed by atoms with Crippen LogP contribution in [-0.4, -0.2) is 6.18 Å². The first-order chi connectivity index (χ1) is 10.6. The quantitative estimate of drug-likeness (QED) is 0.470. The molecule has 0 aromatic carbocycles. The fraction of sp³-hybridized carbons (Fsp3) is 1.00. The Morgan fingerprint density at radius 2 is 1.61 bits per heavy atom. The van der Waals surface area contributed by atoms with Crippen LogP contribution in [0.4, 0.5) is 13.2 Å². The van der Waals surface area contributed by atoms with Crippen LogP contribution in [0.3, 0.4) is 0 Å². The van der Waals surface area contributed by atoms with Crippen LogP contribution in [0.5, 0.6) is 0 Å². The molecule has 23 heavy (non-hydrogen) atoms. The number of fused-ring (bicyclic) bond motifs is 3. The third-order valence-corrected chi connectivity index (χ3v) is 9.12. The summed E-state index contributed by atoms with van der Waals surface area (Å²) in [5.74, 6) is 2.02. The zero-order valence-corrected chi connectivity index (χ0v) is 14.8. The van der Waals surface area contributed by atoms with Gasteiger partial charge in [0.1, 0.15) is 0 Å². The van der Waals surface area contributed by atoms with E-state index < -0.39 is 11.6 Å². The van der Waals surface area contributed by atoms with E-state index in [1.165, 1.54) is 32.6 Å². The monoisotopic (exact) mass is 328 g/mol. The maximum absolute atomic E-state index is 13.9. The van der Waals surface area contributed by atoms with Crippen molar-refractivity contribution in [2.45, 2.75) is 84.7 Å². The number of hydrogen-bond donors (Lipinski definition) is 0. The standard InChI is InChI=1S/C20H31F3/c1-13-11-19-10-7-15-17(2,16(19)6-5-14(13)12-19)8-4-9-18(15,3)20(21,22)23/h13-16H,4-12H2,1-3H3. The molecular formula is C20H31F3. The molecule has 4 aliphatic carbocycles. The van der Waals surface area contributed by atoms with Crippen LogP contribution in [-0.2, 0) is 0 Å². The summed E-state index contributed by atoms with van der Waals surface area (Å²) in [4.78, 5) is 0. The second-order valence-corrected chi connectivity index (χ2v) is 10.0. The van der Waals surface area contributed by atoms with E-state index in [2.05, 4.69) is 13.8 Å². The van der Waals surface area contributed by atoms with Gasteiger partial charge in [0, 0.05) is 0 Å². The number of alkyl halides is 3. The molecule has 1 spiro atoms. The second-order valence-electron chi connectivity index (χ2n) is 10.0. The Kier molecular flexibility index (Phi) is 3.32. The molecule has 3 heteroatoms. The van der Waals surface area contributed by atoms with Crippen LogP contribution >= 0.6 is 0 Å². The van der Waals surface area contributed by atoms with Crippen molar-refractivity contribution in [3.8, 4) is 0 Å². The molecule has 0 aromatic heterocycles. The molecule has 0 aromatic rings. The van der Waals surface area contributed by atoms with Crippen molar-refractivity contribution >= 4 is 0 Å². The van der Waals surface area contributed by atoms with Gasteiger partial charge in [-0.15, -0.1) is 0 Å². The summed E-state index contributed by atoms with van der Waals surface area (Å²) in [6.07, 6.45) is 4.99. The van der Waals surface area contributed by atoms with E-state index in [9.17, 15) is 13.2 Å². The molecule has 2 bridgehead atoms. The zero-order valence-electron chi connectivity index (χ0n) is 14.8. The number of halogens is 3.